The monoisotopic (exact) mass is 270 g/mol. The first-order valence-electron chi connectivity index (χ1n) is 6.30. The highest BCUT2D eigenvalue weighted by Crippen LogP contribution is 2.42. The molecule has 2 aromatic heterocycles. The van der Waals surface area contributed by atoms with Gasteiger partial charge in [0.15, 0.2) is 0 Å². The van der Waals surface area contributed by atoms with E-state index >= 15 is 0 Å². The number of hydrogen-bond donors (Lipinski definition) is 2. The van der Waals surface area contributed by atoms with Gasteiger partial charge in [0.1, 0.15) is 11.6 Å². The smallest absolute Gasteiger partial charge is 0.244 e. The van der Waals surface area contributed by atoms with Crippen molar-refractivity contribution in [2.45, 2.75) is 26.3 Å². The Morgan fingerprint density at radius 3 is 3.05 bits per heavy atom. The van der Waals surface area contributed by atoms with Crippen LogP contribution in [-0.4, -0.2) is 20.0 Å². The van der Waals surface area contributed by atoms with E-state index in [9.17, 15) is 5.26 Å². The number of ether oxygens (including phenoxy) is 1. The standard InChI is InChI=1S/C13H14N6O/c1-3-19-6-8(5-16-19)11-9(4-14)12(15)20-13-10(11)7(2)17-18-13/h5-6,11H,3,15H2,1-2H3,(H,17,18)/t11-/m1/s1. The first kappa shape index (κ1) is 12.3. The highest BCUT2D eigenvalue weighted by Gasteiger charge is 2.34. The SMILES string of the molecule is CCn1cc([C@@H]2C(C#N)=C(N)Oc3n[nH]c(C)c32)cn1. The van der Waals surface area contributed by atoms with Crippen molar-refractivity contribution in [3.63, 3.8) is 0 Å². The molecule has 102 valence electrons. The minimum atomic E-state index is -0.289. The molecule has 7 heteroatoms. The molecule has 1 atom stereocenters. The molecule has 0 aliphatic carbocycles. The molecule has 0 aromatic carbocycles. The topological polar surface area (TPSA) is 106 Å². The van der Waals surface area contributed by atoms with Gasteiger partial charge in [-0.1, -0.05) is 0 Å². The molecule has 1 aliphatic rings. The van der Waals surface area contributed by atoms with Crippen LogP contribution < -0.4 is 10.5 Å². The fourth-order valence-electron chi connectivity index (χ4n) is 2.43. The number of fused-ring (bicyclic) bond motifs is 1. The third kappa shape index (κ3) is 1.66. The van der Waals surface area contributed by atoms with Gasteiger partial charge in [0.05, 0.1) is 12.1 Å². The van der Waals surface area contributed by atoms with Crippen LogP contribution in [0.2, 0.25) is 0 Å². The highest BCUT2D eigenvalue weighted by molar-refractivity contribution is 5.54. The Morgan fingerprint density at radius 1 is 1.60 bits per heavy atom. The van der Waals surface area contributed by atoms with Crippen molar-refractivity contribution in [1.82, 2.24) is 20.0 Å². The summed E-state index contributed by atoms with van der Waals surface area (Å²) in [7, 11) is 0. The van der Waals surface area contributed by atoms with Crippen LogP contribution in [0.15, 0.2) is 23.8 Å². The average molecular weight is 270 g/mol. The van der Waals surface area contributed by atoms with Crippen LogP contribution in [0.5, 0.6) is 5.88 Å². The lowest BCUT2D eigenvalue weighted by Crippen LogP contribution is -2.20. The number of H-pyrrole nitrogens is 1. The van der Waals surface area contributed by atoms with E-state index in [1.807, 2.05) is 24.7 Å². The van der Waals surface area contributed by atoms with Gasteiger partial charge >= 0.3 is 0 Å². The Bertz CT molecular complexity index is 732. The van der Waals surface area contributed by atoms with Crippen molar-refractivity contribution < 1.29 is 4.74 Å². The van der Waals surface area contributed by atoms with Crippen LogP contribution in [0.1, 0.15) is 29.7 Å². The third-order valence-electron chi connectivity index (χ3n) is 3.44. The van der Waals surface area contributed by atoms with Gasteiger partial charge < -0.3 is 10.5 Å². The predicted molar refractivity (Wildman–Crippen MR) is 70.5 cm³/mol. The van der Waals surface area contributed by atoms with Crippen LogP contribution in [0.25, 0.3) is 0 Å². The second-order valence-electron chi connectivity index (χ2n) is 4.62. The molecule has 3 rings (SSSR count). The van der Waals surface area contributed by atoms with E-state index in [-0.39, 0.29) is 11.8 Å². The molecule has 3 N–H and O–H groups in total. The summed E-state index contributed by atoms with van der Waals surface area (Å²) >= 11 is 0. The van der Waals surface area contributed by atoms with Gasteiger partial charge in [-0.15, -0.1) is 5.10 Å². The van der Waals surface area contributed by atoms with Crippen molar-refractivity contribution in [3.8, 4) is 11.9 Å². The van der Waals surface area contributed by atoms with Crippen LogP contribution in [0.4, 0.5) is 0 Å². The summed E-state index contributed by atoms with van der Waals surface area (Å²) in [6.07, 6.45) is 3.66. The molecule has 0 spiro atoms. The zero-order chi connectivity index (χ0) is 14.3. The van der Waals surface area contributed by atoms with E-state index in [0.29, 0.717) is 11.5 Å². The molecule has 0 unspecified atom stereocenters. The predicted octanol–water partition coefficient (Wildman–Crippen LogP) is 1.15. The molecule has 3 heterocycles. The number of aryl methyl sites for hydroxylation is 2. The van der Waals surface area contributed by atoms with E-state index in [2.05, 4.69) is 21.4 Å². The summed E-state index contributed by atoms with van der Waals surface area (Å²) < 4.78 is 7.22. The third-order valence-corrected chi connectivity index (χ3v) is 3.44. The second-order valence-corrected chi connectivity index (χ2v) is 4.62. The summed E-state index contributed by atoms with van der Waals surface area (Å²) in [6, 6.07) is 2.14. The van der Waals surface area contributed by atoms with E-state index in [1.54, 1.807) is 6.20 Å². The molecule has 0 bridgehead atoms. The Balaban J connectivity index is 2.19. The molecular weight excluding hydrogens is 256 g/mol. The molecular formula is C13H14N6O. The summed E-state index contributed by atoms with van der Waals surface area (Å²) in [5.41, 5.74) is 8.82. The summed E-state index contributed by atoms with van der Waals surface area (Å²) in [6.45, 7) is 4.66. The van der Waals surface area contributed by atoms with Gasteiger partial charge in [-0.3, -0.25) is 9.78 Å². The van der Waals surface area contributed by atoms with E-state index in [1.165, 1.54) is 0 Å². The van der Waals surface area contributed by atoms with Gasteiger partial charge in [-0.25, -0.2) is 0 Å². The Morgan fingerprint density at radius 2 is 2.40 bits per heavy atom. The number of nitrogens with one attached hydrogen (secondary N) is 1. The maximum absolute atomic E-state index is 9.39. The number of nitrogens with two attached hydrogens (primary N) is 1. The van der Waals surface area contributed by atoms with Crippen molar-refractivity contribution >= 4 is 0 Å². The molecule has 0 saturated carbocycles. The maximum atomic E-state index is 9.39. The molecule has 0 radical (unpaired) electrons. The summed E-state index contributed by atoms with van der Waals surface area (Å²) in [4.78, 5) is 0. The normalized spacial score (nSPS) is 17.6. The molecule has 2 aromatic rings. The Kier molecular flexibility index (Phi) is 2.71. The largest absolute Gasteiger partial charge is 0.420 e. The van der Waals surface area contributed by atoms with Gasteiger partial charge in [0.2, 0.25) is 11.8 Å². The second kappa shape index (κ2) is 4.42. The number of hydrogen-bond acceptors (Lipinski definition) is 5. The van der Waals surface area contributed by atoms with Crippen molar-refractivity contribution in [2.24, 2.45) is 5.73 Å². The Labute approximate surface area is 115 Å². The summed E-state index contributed by atoms with van der Waals surface area (Å²) in [5.74, 6) is 0.233. The molecule has 1 aliphatic heterocycles. The van der Waals surface area contributed by atoms with Crippen molar-refractivity contribution in [2.75, 3.05) is 0 Å². The number of rotatable bonds is 2. The zero-order valence-corrected chi connectivity index (χ0v) is 11.2. The average Bonchev–Trinajstić information content (AvgIpc) is 3.05. The quantitative estimate of drug-likeness (QED) is 0.851. The molecule has 7 nitrogen and oxygen atoms in total. The van der Waals surface area contributed by atoms with E-state index < -0.39 is 0 Å². The minimum absolute atomic E-state index is 0.0979. The number of allylic oxidation sites excluding steroid dienone is 1. The zero-order valence-electron chi connectivity index (χ0n) is 11.2. The van der Waals surface area contributed by atoms with Crippen molar-refractivity contribution in [3.05, 3.63) is 40.7 Å². The maximum Gasteiger partial charge on any atom is 0.244 e. The molecule has 0 fully saturated rings. The van der Waals surface area contributed by atoms with E-state index in [0.717, 1.165) is 23.4 Å². The summed E-state index contributed by atoms with van der Waals surface area (Å²) in [5, 5.41) is 20.6. The van der Waals surface area contributed by atoms with Crippen LogP contribution in [0.3, 0.4) is 0 Å². The van der Waals surface area contributed by atoms with Gasteiger partial charge in [-0.2, -0.15) is 10.4 Å². The van der Waals surface area contributed by atoms with Crippen LogP contribution in [0, 0.1) is 18.3 Å². The fraction of sp³-hybridized carbons (Fsp3) is 0.308. The fourth-order valence-corrected chi connectivity index (χ4v) is 2.43. The number of aromatic nitrogens is 4. The van der Waals surface area contributed by atoms with Gasteiger partial charge in [0, 0.05) is 29.6 Å². The van der Waals surface area contributed by atoms with Gasteiger partial charge in [0.25, 0.3) is 0 Å². The van der Waals surface area contributed by atoms with Crippen LogP contribution in [-0.2, 0) is 6.54 Å². The van der Waals surface area contributed by atoms with Gasteiger partial charge in [-0.05, 0) is 13.8 Å². The first-order chi connectivity index (χ1) is 9.65. The Hall–Kier alpha value is -2.75. The molecule has 20 heavy (non-hydrogen) atoms. The molecule has 0 saturated heterocycles. The van der Waals surface area contributed by atoms with E-state index in [4.69, 9.17) is 10.5 Å². The first-order valence-corrected chi connectivity index (χ1v) is 6.30. The lowest BCUT2D eigenvalue weighted by Gasteiger charge is -2.22. The lowest BCUT2D eigenvalue weighted by atomic mass is 9.86. The highest BCUT2D eigenvalue weighted by atomic mass is 16.5. The van der Waals surface area contributed by atoms with Crippen molar-refractivity contribution in [1.29, 1.82) is 5.26 Å². The lowest BCUT2D eigenvalue weighted by molar-refractivity contribution is 0.379. The molecule has 0 amide bonds. The number of aromatic amines is 1. The number of nitriles is 1. The van der Waals surface area contributed by atoms with Crippen LogP contribution >= 0.6 is 0 Å². The number of nitrogens with zero attached hydrogens (tertiary/aromatic N) is 4. The minimum Gasteiger partial charge on any atom is -0.420 e.